The zero-order valence-electron chi connectivity index (χ0n) is 22.2. The summed E-state index contributed by atoms with van der Waals surface area (Å²) in [5, 5.41) is 4.85. The van der Waals surface area contributed by atoms with E-state index in [1.807, 2.05) is 36.4 Å². The van der Waals surface area contributed by atoms with Crippen LogP contribution in [-0.2, 0) is 22.0 Å². The number of rotatable bonds is 9. The van der Waals surface area contributed by atoms with Crippen LogP contribution in [0.4, 0.5) is 0 Å². The van der Waals surface area contributed by atoms with Crippen molar-refractivity contribution in [3.8, 4) is 0 Å². The number of benzene rings is 2. The van der Waals surface area contributed by atoms with Crippen molar-refractivity contribution in [3.63, 3.8) is 0 Å². The highest BCUT2D eigenvalue weighted by atomic mass is 35.5. The van der Waals surface area contributed by atoms with Crippen LogP contribution in [0.15, 0.2) is 73.8 Å². The summed E-state index contributed by atoms with van der Waals surface area (Å²) in [4.78, 5) is 24.8. The highest BCUT2D eigenvalue weighted by Gasteiger charge is 2.55. The van der Waals surface area contributed by atoms with E-state index in [2.05, 4.69) is 35.5 Å². The largest absolute Gasteiger partial charge is 0.316 e. The maximum absolute atomic E-state index is 11.4. The molecule has 4 fully saturated rings. The molecule has 4 nitrogen and oxygen atoms in total. The van der Waals surface area contributed by atoms with Crippen LogP contribution in [0.25, 0.3) is 0 Å². The Morgan fingerprint density at radius 3 is 1.64 bits per heavy atom. The van der Waals surface area contributed by atoms with Gasteiger partial charge in [0.05, 0.1) is 0 Å². The number of halogens is 3. The molecule has 2 aliphatic heterocycles. The Hall–Kier alpha value is -1.95. The van der Waals surface area contributed by atoms with E-state index in [0.717, 1.165) is 78.4 Å². The summed E-state index contributed by atoms with van der Waals surface area (Å²) in [5.41, 5.74) is 2.41. The Bertz CT molecular complexity index is 1130. The van der Waals surface area contributed by atoms with Gasteiger partial charge in [-0.1, -0.05) is 60.6 Å². The molecule has 6 rings (SSSR count). The van der Waals surface area contributed by atoms with Crippen LogP contribution in [0.1, 0.15) is 24.0 Å². The minimum atomic E-state index is 0.198. The standard InChI is InChI=1S/C16H18ClNO.C9H13NO.C7H6Cl2/c1-2-13(19)7-14-15-9-18(10-16(14)15)8-11-3-5-12(17)6-4-11;1-2-6(11)3-7-8-4-10-5-9(7)8;8-5-6-1-3-7(9)4-2-6/h2-6,14-16H,1,7-10H2;2,7-10H,1,3-5H2;1-4H,5H2/t14?,15-,16+;7?,8-,9+;. The lowest BCUT2D eigenvalue weighted by Crippen LogP contribution is -2.24. The molecular formula is C32H37Cl3N2O2. The highest BCUT2D eigenvalue weighted by molar-refractivity contribution is 6.30. The van der Waals surface area contributed by atoms with E-state index in [1.165, 1.54) is 17.7 Å². The number of nitrogens with zero attached hydrogens (tertiary/aromatic N) is 1. The second-order valence-corrected chi connectivity index (χ2v) is 12.1. The molecular weight excluding hydrogens is 551 g/mol. The zero-order chi connectivity index (χ0) is 27.9. The molecule has 2 saturated heterocycles. The van der Waals surface area contributed by atoms with Crippen molar-refractivity contribution < 1.29 is 9.59 Å². The number of hydrogen-bond donors (Lipinski definition) is 1. The van der Waals surface area contributed by atoms with Crippen molar-refractivity contribution >= 4 is 46.4 Å². The van der Waals surface area contributed by atoms with Crippen LogP contribution in [0.2, 0.25) is 10.0 Å². The molecule has 2 aliphatic carbocycles. The van der Waals surface area contributed by atoms with E-state index >= 15 is 0 Å². The molecule has 0 radical (unpaired) electrons. The first-order valence-electron chi connectivity index (χ1n) is 13.6. The third-order valence-electron chi connectivity index (χ3n) is 8.43. The Morgan fingerprint density at radius 2 is 1.21 bits per heavy atom. The molecule has 6 atom stereocenters. The van der Waals surface area contributed by atoms with Crippen LogP contribution < -0.4 is 5.32 Å². The fourth-order valence-electron chi connectivity index (χ4n) is 6.07. The van der Waals surface area contributed by atoms with Gasteiger partial charge in [-0.25, -0.2) is 0 Å². The molecule has 4 aliphatic rings. The van der Waals surface area contributed by atoms with Gasteiger partial charge in [-0.15, -0.1) is 11.6 Å². The summed E-state index contributed by atoms with van der Waals surface area (Å²) in [6.45, 7) is 12.5. The molecule has 7 heteroatoms. The number of likely N-dealkylation sites (tertiary alicyclic amines) is 1. The van der Waals surface area contributed by atoms with Gasteiger partial charge in [0.15, 0.2) is 11.6 Å². The summed E-state index contributed by atoms with van der Waals surface area (Å²) in [6.07, 6.45) is 4.34. The second-order valence-electron chi connectivity index (χ2n) is 11.0. The summed E-state index contributed by atoms with van der Waals surface area (Å²) in [7, 11) is 0. The van der Waals surface area contributed by atoms with E-state index < -0.39 is 0 Å². The average molecular weight is 588 g/mol. The number of piperidine rings is 2. The summed E-state index contributed by atoms with van der Waals surface area (Å²) < 4.78 is 0. The molecule has 1 N–H and O–H groups in total. The number of carbonyl (C=O) groups is 2. The lowest BCUT2D eigenvalue weighted by molar-refractivity contribution is -0.115. The minimum absolute atomic E-state index is 0.198. The Kier molecular flexibility index (Phi) is 10.9. The monoisotopic (exact) mass is 586 g/mol. The molecule has 39 heavy (non-hydrogen) atoms. The molecule has 2 unspecified atom stereocenters. The number of hydrogen-bond acceptors (Lipinski definition) is 4. The van der Waals surface area contributed by atoms with E-state index in [4.69, 9.17) is 34.8 Å². The first-order valence-corrected chi connectivity index (χ1v) is 14.9. The number of alkyl halides is 1. The first kappa shape index (κ1) is 30.0. The van der Waals surface area contributed by atoms with Crippen molar-refractivity contribution in [1.82, 2.24) is 10.2 Å². The molecule has 0 amide bonds. The number of allylic oxidation sites excluding steroid dienone is 2. The van der Waals surface area contributed by atoms with Crippen molar-refractivity contribution in [1.29, 1.82) is 0 Å². The summed E-state index contributed by atoms with van der Waals surface area (Å²) in [6, 6.07) is 15.6. The van der Waals surface area contributed by atoms with E-state index in [-0.39, 0.29) is 11.6 Å². The van der Waals surface area contributed by atoms with Gasteiger partial charge in [-0.3, -0.25) is 14.5 Å². The van der Waals surface area contributed by atoms with Gasteiger partial charge >= 0.3 is 0 Å². The molecule has 2 saturated carbocycles. The molecule has 0 aromatic heterocycles. The van der Waals surface area contributed by atoms with Crippen molar-refractivity contribution in [2.75, 3.05) is 26.2 Å². The fraction of sp³-hybridized carbons (Fsp3) is 0.438. The van der Waals surface area contributed by atoms with Crippen LogP contribution in [0, 0.1) is 35.5 Å². The van der Waals surface area contributed by atoms with Crippen LogP contribution >= 0.6 is 34.8 Å². The number of fused-ring (bicyclic) bond motifs is 2. The predicted molar refractivity (Wildman–Crippen MR) is 161 cm³/mol. The number of nitrogens with one attached hydrogen (secondary N) is 1. The number of carbonyl (C=O) groups excluding carboxylic acids is 2. The van der Waals surface area contributed by atoms with Crippen molar-refractivity contribution in [3.05, 3.63) is 95.0 Å². The van der Waals surface area contributed by atoms with Gasteiger partial charge in [-0.05, 0) is 96.1 Å². The zero-order valence-corrected chi connectivity index (χ0v) is 24.5. The average Bonchev–Trinajstić information content (AvgIpc) is 3.56. The Balaban J connectivity index is 0.000000149. The maximum Gasteiger partial charge on any atom is 0.155 e. The molecule has 2 heterocycles. The summed E-state index contributed by atoms with van der Waals surface area (Å²) in [5.74, 6) is 5.34. The van der Waals surface area contributed by atoms with Gasteiger partial charge in [0.2, 0.25) is 0 Å². The van der Waals surface area contributed by atoms with E-state index in [1.54, 1.807) is 0 Å². The molecule has 2 aromatic carbocycles. The highest BCUT2D eigenvalue weighted by Crippen LogP contribution is 2.54. The van der Waals surface area contributed by atoms with Gasteiger partial charge in [-0.2, -0.15) is 0 Å². The van der Waals surface area contributed by atoms with Crippen LogP contribution in [0.3, 0.4) is 0 Å². The smallest absolute Gasteiger partial charge is 0.155 e. The lowest BCUT2D eigenvalue weighted by atomic mass is 10.1. The Labute approximate surface area is 247 Å². The fourth-order valence-corrected chi connectivity index (χ4v) is 6.50. The minimum Gasteiger partial charge on any atom is -0.316 e. The van der Waals surface area contributed by atoms with Crippen LogP contribution in [0.5, 0.6) is 0 Å². The van der Waals surface area contributed by atoms with Crippen LogP contribution in [-0.4, -0.2) is 42.6 Å². The number of ketones is 2. The molecule has 208 valence electrons. The third kappa shape index (κ3) is 8.52. The van der Waals surface area contributed by atoms with Crippen molar-refractivity contribution in [2.45, 2.75) is 25.3 Å². The Morgan fingerprint density at radius 1 is 0.769 bits per heavy atom. The SMILES string of the molecule is C=CC(=O)CC1[C@H]2CN(Cc3ccc(Cl)cc3)C[C@@H]12.C=CC(=O)CC1[C@H]2CNC[C@@H]12.ClCc1ccc(Cl)cc1. The second kappa shape index (κ2) is 14.1. The van der Waals surface area contributed by atoms with Crippen molar-refractivity contribution in [2.24, 2.45) is 35.5 Å². The van der Waals surface area contributed by atoms with Gasteiger partial charge in [0.25, 0.3) is 0 Å². The topological polar surface area (TPSA) is 49.4 Å². The predicted octanol–water partition coefficient (Wildman–Crippen LogP) is 6.84. The summed E-state index contributed by atoms with van der Waals surface area (Å²) >= 11 is 17.0. The van der Waals surface area contributed by atoms with Gasteiger partial charge in [0, 0.05) is 48.4 Å². The van der Waals surface area contributed by atoms with E-state index in [9.17, 15) is 9.59 Å². The lowest BCUT2D eigenvalue weighted by Gasteiger charge is -2.19. The third-order valence-corrected chi connectivity index (χ3v) is 9.24. The van der Waals surface area contributed by atoms with E-state index in [0.29, 0.717) is 24.1 Å². The molecule has 2 aromatic rings. The molecule has 0 spiro atoms. The molecule has 0 bridgehead atoms. The normalized spacial score (nSPS) is 27.6. The first-order chi connectivity index (χ1) is 18.8. The maximum atomic E-state index is 11.4. The quantitative estimate of drug-likeness (QED) is 0.258. The van der Waals surface area contributed by atoms with Gasteiger partial charge < -0.3 is 5.32 Å². The van der Waals surface area contributed by atoms with Gasteiger partial charge in [0.1, 0.15) is 0 Å².